The van der Waals surface area contributed by atoms with E-state index >= 15 is 0 Å². The van der Waals surface area contributed by atoms with E-state index < -0.39 is 0 Å². The fraction of sp³-hybridized carbons (Fsp3) is 0.500. The lowest BCUT2D eigenvalue weighted by atomic mass is 10.1. The van der Waals surface area contributed by atoms with Crippen molar-refractivity contribution in [3.8, 4) is 6.07 Å². The van der Waals surface area contributed by atoms with Crippen LogP contribution in [0.5, 0.6) is 0 Å². The lowest BCUT2D eigenvalue weighted by Crippen LogP contribution is -2.45. The molecule has 0 saturated carbocycles. The highest BCUT2D eigenvalue weighted by molar-refractivity contribution is 8.00. The van der Waals surface area contributed by atoms with Crippen LogP contribution in [0.2, 0.25) is 0 Å². The maximum Gasteiger partial charge on any atom is 0.101 e. The Bertz CT molecular complexity index is 469. The zero-order valence-corrected chi connectivity index (χ0v) is 11.6. The first-order chi connectivity index (χ1) is 8.67. The van der Waals surface area contributed by atoms with Crippen molar-refractivity contribution in [2.75, 3.05) is 17.2 Å². The van der Waals surface area contributed by atoms with Gasteiger partial charge in [0.25, 0.3) is 0 Å². The highest BCUT2D eigenvalue weighted by Crippen LogP contribution is 2.31. The fourth-order valence-electron chi connectivity index (χ4n) is 2.29. The zero-order chi connectivity index (χ0) is 13.1. The van der Waals surface area contributed by atoms with Crippen molar-refractivity contribution in [2.24, 2.45) is 0 Å². The Labute approximate surface area is 112 Å². The van der Waals surface area contributed by atoms with Crippen molar-refractivity contribution >= 4 is 17.4 Å². The summed E-state index contributed by atoms with van der Waals surface area (Å²) in [5.74, 6) is 1.10. The van der Waals surface area contributed by atoms with Crippen LogP contribution in [0.1, 0.15) is 25.0 Å². The summed E-state index contributed by atoms with van der Waals surface area (Å²) in [6.07, 6.45) is 0. The highest BCUT2D eigenvalue weighted by Gasteiger charge is 2.26. The Balaban J connectivity index is 2.35. The molecule has 0 spiro atoms. The molecule has 2 atom stereocenters. The molecule has 1 aliphatic heterocycles. The van der Waals surface area contributed by atoms with Gasteiger partial charge in [-0.3, -0.25) is 0 Å². The maximum absolute atomic E-state index is 9.26. The molecule has 1 saturated heterocycles. The van der Waals surface area contributed by atoms with Crippen LogP contribution in [0.3, 0.4) is 0 Å². The normalized spacial score (nSPS) is 23.8. The second-order valence-electron chi connectivity index (χ2n) is 4.63. The Hall–Kier alpha value is -1.18. The minimum Gasteiger partial charge on any atom is -0.392 e. The maximum atomic E-state index is 9.26. The summed E-state index contributed by atoms with van der Waals surface area (Å²) in [4.78, 5) is 2.31. The number of anilines is 1. The second kappa shape index (κ2) is 5.64. The van der Waals surface area contributed by atoms with E-state index in [0.29, 0.717) is 16.9 Å². The summed E-state index contributed by atoms with van der Waals surface area (Å²) in [5.41, 5.74) is 2.45. The summed E-state index contributed by atoms with van der Waals surface area (Å²) in [5, 5.41) is 19.0. The van der Waals surface area contributed by atoms with Crippen LogP contribution in [-0.2, 0) is 6.61 Å². The number of aliphatic hydroxyl groups is 1. The molecule has 0 aromatic heterocycles. The molecule has 18 heavy (non-hydrogen) atoms. The average Bonchev–Trinajstić information content (AvgIpc) is 2.41. The van der Waals surface area contributed by atoms with E-state index in [-0.39, 0.29) is 6.61 Å². The molecule has 0 bridgehead atoms. The smallest absolute Gasteiger partial charge is 0.101 e. The minimum absolute atomic E-state index is 0.0171. The van der Waals surface area contributed by atoms with Gasteiger partial charge >= 0.3 is 0 Å². The van der Waals surface area contributed by atoms with Gasteiger partial charge in [-0.25, -0.2) is 0 Å². The summed E-state index contributed by atoms with van der Waals surface area (Å²) in [7, 11) is 0. The number of benzene rings is 1. The van der Waals surface area contributed by atoms with E-state index in [2.05, 4.69) is 24.8 Å². The molecule has 1 aliphatic rings. The molecule has 1 aromatic carbocycles. The van der Waals surface area contributed by atoms with E-state index in [1.807, 2.05) is 23.9 Å². The molecule has 1 heterocycles. The number of aliphatic hydroxyl groups excluding tert-OH is 1. The van der Waals surface area contributed by atoms with Crippen LogP contribution < -0.4 is 4.90 Å². The van der Waals surface area contributed by atoms with Crippen molar-refractivity contribution in [1.82, 2.24) is 0 Å². The molecule has 1 fully saturated rings. The van der Waals surface area contributed by atoms with E-state index in [1.165, 1.54) is 0 Å². The number of hydrogen-bond donors (Lipinski definition) is 1. The predicted molar refractivity (Wildman–Crippen MR) is 75.8 cm³/mol. The van der Waals surface area contributed by atoms with Crippen LogP contribution in [0.4, 0.5) is 5.69 Å². The lowest BCUT2D eigenvalue weighted by molar-refractivity contribution is 0.282. The number of rotatable bonds is 2. The number of hydrogen-bond acceptors (Lipinski definition) is 4. The molecule has 2 unspecified atom stereocenters. The molecule has 1 aromatic rings. The van der Waals surface area contributed by atoms with Gasteiger partial charge in [0.1, 0.15) is 6.07 Å². The topological polar surface area (TPSA) is 47.3 Å². The van der Waals surface area contributed by atoms with Gasteiger partial charge in [0.05, 0.1) is 17.9 Å². The molecule has 2 rings (SSSR count). The SMILES string of the molecule is CC1SCCN(c2ccc(CO)cc2C#N)C1C. The third-order valence-corrected chi connectivity index (χ3v) is 4.90. The van der Waals surface area contributed by atoms with Crippen molar-refractivity contribution in [1.29, 1.82) is 5.26 Å². The Kier molecular flexibility index (Phi) is 4.15. The average molecular weight is 262 g/mol. The Morgan fingerprint density at radius 1 is 1.50 bits per heavy atom. The predicted octanol–water partition coefficient (Wildman–Crippen LogP) is 2.38. The van der Waals surface area contributed by atoms with Gasteiger partial charge in [-0.15, -0.1) is 0 Å². The summed E-state index contributed by atoms with van der Waals surface area (Å²) in [6.45, 7) is 5.40. The Morgan fingerprint density at radius 3 is 2.94 bits per heavy atom. The summed E-state index contributed by atoms with van der Waals surface area (Å²) < 4.78 is 0. The van der Waals surface area contributed by atoms with Crippen LogP contribution in [-0.4, -0.2) is 28.7 Å². The summed E-state index contributed by atoms with van der Waals surface area (Å²) >= 11 is 1.98. The van der Waals surface area contributed by atoms with E-state index in [9.17, 15) is 5.26 Å². The zero-order valence-electron chi connectivity index (χ0n) is 10.8. The van der Waals surface area contributed by atoms with Crippen LogP contribution in [0.25, 0.3) is 0 Å². The first-order valence-corrected chi connectivity index (χ1v) is 7.24. The molecular weight excluding hydrogens is 244 g/mol. The van der Waals surface area contributed by atoms with Crippen molar-refractivity contribution in [3.63, 3.8) is 0 Å². The molecule has 96 valence electrons. The monoisotopic (exact) mass is 262 g/mol. The molecule has 4 heteroatoms. The molecule has 0 amide bonds. The van der Waals surface area contributed by atoms with Crippen LogP contribution >= 0.6 is 11.8 Å². The molecule has 3 nitrogen and oxygen atoms in total. The highest BCUT2D eigenvalue weighted by atomic mass is 32.2. The van der Waals surface area contributed by atoms with Crippen LogP contribution in [0.15, 0.2) is 18.2 Å². The third-order valence-electron chi connectivity index (χ3n) is 3.56. The van der Waals surface area contributed by atoms with Gasteiger partial charge in [0.15, 0.2) is 0 Å². The molecule has 0 radical (unpaired) electrons. The first kappa shape index (κ1) is 13.3. The largest absolute Gasteiger partial charge is 0.392 e. The molecule has 1 N–H and O–H groups in total. The lowest BCUT2D eigenvalue weighted by Gasteiger charge is -2.39. The van der Waals surface area contributed by atoms with E-state index in [4.69, 9.17) is 5.11 Å². The van der Waals surface area contributed by atoms with Gasteiger partial charge in [-0.2, -0.15) is 17.0 Å². The first-order valence-electron chi connectivity index (χ1n) is 6.19. The van der Waals surface area contributed by atoms with Crippen molar-refractivity contribution in [2.45, 2.75) is 31.7 Å². The van der Waals surface area contributed by atoms with Gasteiger partial charge in [0.2, 0.25) is 0 Å². The van der Waals surface area contributed by atoms with E-state index in [1.54, 1.807) is 6.07 Å². The van der Waals surface area contributed by atoms with Gasteiger partial charge in [0, 0.05) is 23.6 Å². The molecule has 0 aliphatic carbocycles. The summed E-state index contributed by atoms with van der Waals surface area (Å²) in [6, 6.07) is 8.32. The number of nitrogens with zero attached hydrogens (tertiary/aromatic N) is 2. The van der Waals surface area contributed by atoms with Gasteiger partial charge in [-0.05, 0) is 24.6 Å². The van der Waals surface area contributed by atoms with Crippen LogP contribution in [0, 0.1) is 11.3 Å². The molecular formula is C14H18N2OS. The number of thioether (sulfide) groups is 1. The van der Waals surface area contributed by atoms with Crippen molar-refractivity contribution in [3.05, 3.63) is 29.3 Å². The minimum atomic E-state index is -0.0171. The standard InChI is InChI=1S/C14H18N2OS/c1-10-11(2)18-6-5-16(10)14-4-3-12(9-17)7-13(14)8-15/h3-4,7,10-11,17H,5-6,9H2,1-2H3. The van der Waals surface area contributed by atoms with Gasteiger partial charge < -0.3 is 10.0 Å². The quantitative estimate of drug-likeness (QED) is 0.889. The second-order valence-corrected chi connectivity index (χ2v) is 6.12. The third kappa shape index (κ3) is 2.47. The van der Waals surface area contributed by atoms with E-state index in [0.717, 1.165) is 23.5 Å². The Morgan fingerprint density at radius 2 is 2.28 bits per heavy atom. The van der Waals surface area contributed by atoms with Crippen molar-refractivity contribution < 1.29 is 5.11 Å². The van der Waals surface area contributed by atoms with Gasteiger partial charge in [-0.1, -0.05) is 13.0 Å². The fourth-order valence-corrected chi connectivity index (χ4v) is 3.39. The number of nitriles is 1.